The number of nitrogens with one attached hydrogen (secondary N) is 2. The maximum Gasteiger partial charge on any atom is 0.252 e. The van der Waals surface area contributed by atoms with E-state index in [1.54, 1.807) is 6.92 Å². The van der Waals surface area contributed by atoms with Crippen molar-refractivity contribution in [3.05, 3.63) is 83.1 Å². The quantitative estimate of drug-likeness (QED) is 0.682. The van der Waals surface area contributed by atoms with Crippen LogP contribution in [-0.2, 0) is 11.2 Å². The summed E-state index contributed by atoms with van der Waals surface area (Å²) in [6, 6.07) is 12.4. The fourth-order valence-corrected chi connectivity index (χ4v) is 2.58. The van der Waals surface area contributed by atoms with E-state index >= 15 is 0 Å². The number of nitrogens with zero attached hydrogens (tertiary/aromatic N) is 1. The van der Waals surface area contributed by atoms with Crippen LogP contribution in [0.15, 0.2) is 59.1 Å². The summed E-state index contributed by atoms with van der Waals surface area (Å²) >= 11 is 0. The Bertz CT molecular complexity index is 989. The number of aromatic nitrogens is 1. The molecular weight excluding hydrogens is 368 g/mol. The van der Waals surface area contributed by atoms with E-state index in [0.29, 0.717) is 5.76 Å². The summed E-state index contributed by atoms with van der Waals surface area (Å²) in [6.07, 6.45) is 0.193. The Morgan fingerprint density at radius 3 is 2.46 bits per heavy atom. The smallest absolute Gasteiger partial charge is 0.252 e. The first-order chi connectivity index (χ1) is 13.4. The van der Waals surface area contributed by atoms with Crippen molar-refractivity contribution in [3.63, 3.8) is 0 Å². The molecule has 0 aliphatic carbocycles. The highest BCUT2D eigenvalue weighted by Gasteiger charge is 2.23. The third-order valence-corrected chi connectivity index (χ3v) is 3.97. The molecule has 8 heteroatoms. The number of amides is 2. The molecule has 6 nitrogen and oxygen atoms in total. The molecule has 1 atom stereocenters. The van der Waals surface area contributed by atoms with E-state index in [-0.39, 0.29) is 17.8 Å². The molecule has 1 aromatic heterocycles. The Hall–Kier alpha value is -3.55. The Labute approximate surface area is 159 Å². The van der Waals surface area contributed by atoms with Gasteiger partial charge < -0.3 is 15.2 Å². The number of carbonyl (C=O) groups excluding carboxylic acids is 2. The highest BCUT2D eigenvalue weighted by molar-refractivity contribution is 6.01. The van der Waals surface area contributed by atoms with Crippen LogP contribution < -0.4 is 10.6 Å². The van der Waals surface area contributed by atoms with Crippen molar-refractivity contribution in [2.24, 2.45) is 0 Å². The Kier molecular flexibility index (Phi) is 5.78. The van der Waals surface area contributed by atoms with Gasteiger partial charge in [-0.2, -0.15) is 0 Å². The minimum absolute atomic E-state index is 0.0953. The normalized spacial score (nSPS) is 11.7. The minimum Gasteiger partial charge on any atom is -0.360 e. The van der Waals surface area contributed by atoms with Gasteiger partial charge in [-0.15, -0.1) is 0 Å². The molecule has 2 amide bonds. The number of benzene rings is 2. The third kappa shape index (κ3) is 4.79. The van der Waals surface area contributed by atoms with Gasteiger partial charge in [-0.05, 0) is 30.7 Å². The van der Waals surface area contributed by atoms with Gasteiger partial charge in [-0.3, -0.25) is 9.59 Å². The molecule has 0 saturated heterocycles. The summed E-state index contributed by atoms with van der Waals surface area (Å²) in [7, 11) is 0. The standard InChI is InChI=1S/C20H17F2N3O3/c1-12-9-18(25-28-12)24-20(27)17(10-13-5-3-2-4-6-13)23-19(26)14-7-8-15(21)16(22)11-14/h2-9,11,17H,10H2,1H3,(H,23,26)(H,24,25,27)/t17-/m0/s1. The van der Waals surface area contributed by atoms with Gasteiger partial charge in [0.1, 0.15) is 11.8 Å². The molecule has 0 aliphatic heterocycles. The molecule has 0 radical (unpaired) electrons. The van der Waals surface area contributed by atoms with Gasteiger partial charge in [0.05, 0.1) is 0 Å². The van der Waals surface area contributed by atoms with Gasteiger partial charge >= 0.3 is 0 Å². The van der Waals surface area contributed by atoms with E-state index in [9.17, 15) is 18.4 Å². The molecule has 3 rings (SSSR count). The molecule has 0 spiro atoms. The molecule has 0 fully saturated rings. The zero-order valence-corrected chi connectivity index (χ0v) is 14.9. The Morgan fingerprint density at radius 2 is 1.82 bits per heavy atom. The van der Waals surface area contributed by atoms with E-state index in [1.165, 1.54) is 6.07 Å². The zero-order valence-electron chi connectivity index (χ0n) is 14.9. The lowest BCUT2D eigenvalue weighted by Gasteiger charge is -2.18. The highest BCUT2D eigenvalue weighted by atomic mass is 19.2. The topological polar surface area (TPSA) is 84.2 Å². The molecule has 0 unspecified atom stereocenters. The average Bonchev–Trinajstić information content (AvgIpc) is 3.08. The fraction of sp³-hybridized carbons (Fsp3) is 0.150. The Morgan fingerprint density at radius 1 is 1.07 bits per heavy atom. The first-order valence-electron chi connectivity index (χ1n) is 8.46. The van der Waals surface area contributed by atoms with Crippen LogP contribution in [0.4, 0.5) is 14.6 Å². The third-order valence-electron chi connectivity index (χ3n) is 3.97. The average molecular weight is 385 g/mol. The molecule has 144 valence electrons. The van der Waals surface area contributed by atoms with Crippen molar-refractivity contribution in [1.29, 1.82) is 0 Å². The molecule has 1 heterocycles. The van der Waals surface area contributed by atoms with Crippen molar-refractivity contribution in [1.82, 2.24) is 10.5 Å². The lowest BCUT2D eigenvalue weighted by atomic mass is 10.0. The molecular formula is C20H17F2N3O3. The number of hydrogen-bond acceptors (Lipinski definition) is 4. The first kappa shape index (κ1) is 19.2. The summed E-state index contributed by atoms with van der Waals surface area (Å²) in [5, 5.41) is 8.82. The largest absolute Gasteiger partial charge is 0.360 e. The maximum atomic E-state index is 13.4. The second kappa shape index (κ2) is 8.43. The van der Waals surface area contributed by atoms with Crippen LogP contribution in [0.5, 0.6) is 0 Å². The molecule has 0 saturated carbocycles. The van der Waals surface area contributed by atoms with Crippen LogP contribution >= 0.6 is 0 Å². The number of rotatable bonds is 6. The van der Waals surface area contributed by atoms with Crippen LogP contribution in [0.1, 0.15) is 21.7 Å². The van der Waals surface area contributed by atoms with Gasteiger partial charge in [0.25, 0.3) is 5.91 Å². The second-order valence-corrected chi connectivity index (χ2v) is 6.16. The summed E-state index contributed by atoms with van der Waals surface area (Å²) in [4.78, 5) is 25.1. The number of halogens is 2. The maximum absolute atomic E-state index is 13.4. The van der Waals surface area contributed by atoms with Gasteiger partial charge in [0.2, 0.25) is 5.91 Å². The van der Waals surface area contributed by atoms with E-state index in [4.69, 9.17) is 4.52 Å². The Balaban J connectivity index is 1.79. The van der Waals surface area contributed by atoms with Crippen molar-refractivity contribution >= 4 is 17.6 Å². The fourth-order valence-electron chi connectivity index (χ4n) is 2.58. The molecule has 2 N–H and O–H groups in total. The van der Waals surface area contributed by atoms with Crippen LogP contribution in [0.25, 0.3) is 0 Å². The predicted octanol–water partition coefficient (Wildman–Crippen LogP) is 3.24. The second-order valence-electron chi connectivity index (χ2n) is 6.16. The zero-order chi connectivity index (χ0) is 20.1. The first-order valence-corrected chi connectivity index (χ1v) is 8.46. The van der Waals surface area contributed by atoms with Gasteiger partial charge in [-0.1, -0.05) is 35.5 Å². The number of anilines is 1. The number of carbonyl (C=O) groups is 2. The van der Waals surface area contributed by atoms with E-state index < -0.39 is 29.5 Å². The SMILES string of the molecule is Cc1cc(NC(=O)[C@H](Cc2ccccc2)NC(=O)c2ccc(F)c(F)c2)no1. The van der Waals surface area contributed by atoms with E-state index in [0.717, 1.165) is 23.8 Å². The summed E-state index contributed by atoms with van der Waals surface area (Å²) in [5.41, 5.74) is 0.714. The van der Waals surface area contributed by atoms with E-state index in [2.05, 4.69) is 15.8 Å². The molecule has 0 aliphatic rings. The molecule has 3 aromatic rings. The molecule has 2 aromatic carbocycles. The van der Waals surface area contributed by atoms with Crippen LogP contribution in [0.2, 0.25) is 0 Å². The van der Waals surface area contributed by atoms with Gasteiger partial charge in [0.15, 0.2) is 17.5 Å². The van der Waals surface area contributed by atoms with Crippen molar-refractivity contribution < 1.29 is 22.9 Å². The van der Waals surface area contributed by atoms with Crippen molar-refractivity contribution in [2.45, 2.75) is 19.4 Å². The number of aryl methyl sites for hydroxylation is 1. The van der Waals surface area contributed by atoms with E-state index in [1.807, 2.05) is 30.3 Å². The van der Waals surface area contributed by atoms with Gasteiger partial charge in [0, 0.05) is 18.1 Å². The molecule has 0 bridgehead atoms. The number of hydrogen-bond donors (Lipinski definition) is 2. The minimum atomic E-state index is -1.14. The predicted molar refractivity (Wildman–Crippen MR) is 97.6 cm³/mol. The van der Waals surface area contributed by atoms with Crippen molar-refractivity contribution in [3.8, 4) is 0 Å². The molecule has 28 heavy (non-hydrogen) atoms. The lowest BCUT2D eigenvalue weighted by Crippen LogP contribution is -2.45. The van der Waals surface area contributed by atoms with Crippen molar-refractivity contribution in [2.75, 3.05) is 5.32 Å². The van der Waals surface area contributed by atoms with Crippen LogP contribution in [0.3, 0.4) is 0 Å². The van der Waals surface area contributed by atoms with Crippen LogP contribution in [-0.4, -0.2) is 23.0 Å². The van der Waals surface area contributed by atoms with Gasteiger partial charge in [-0.25, -0.2) is 8.78 Å². The van der Waals surface area contributed by atoms with Crippen LogP contribution in [0, 0.1) is 18.6 Å². The summed E-state index contributed by atoms with van der Waals surface area (Å²) < 4.78 is 31.4. The lowest BCUT2D eigenvalue weighted by molar-refractivity contribution is -0.118. The highest BCUT2D eigenvalue weighted by Crippen LogP contribution is 2.12. The monoisotopic (exact) mass is 385 g/mol. The summed E-state index contributed by atoms with van der Waals surface area (Å²) in [6.45, 7) is 1.68. The summed E-state index contributed by atoms with van der Waals surface area (Å²) in [5.74, 6) is -2.70.